The molecule has 210 valence electrons. The van der Waals surface area contributed by atoms with E-state index in [2.05, 4.69) is 183 Å². The third kappa shape index (κ3) is 4.01. The van der Waals surface area contributed by atoms with Crippen LogP contribution in [0.2, 0.25) is 0 Å². The molecule has 8 rings (SSSR count). The minimum Gasteiger partial charge on any atom is -0.310 e. The van der Waals surface area contributed by atoms with Crippen LogP contribution in [0.25, 0.3) is 21.9 Å². The van der Waals surface area contributed by atoms with Crippen molar-refractivity contribution < 1.29 is 0 Å². The highest BCUT2D eigenvalue weighted by Gasteiger charge is 2.47. The number of aryl methyl sites for hydroxylation is 2. The molecule has 7 aromatic carbocycles. The predicted molar refractivity (Wildman–Crippen MR) is 185 cm³/mol. The summed E-state index contributed by atoms with van der Waals surface area (Å²) in [6.45, 7) is 4.34. The number of fused-ring (bicyclic) bond motifs is 5. The number of hydrogen-bond acceptors (Lipinski definition) is 1. The third-order valence-corrected chi connectivity index (χ3v) is 9.27. The highest BCUT2D eigenvalue weighted by atomic mass is 15.1. The Labute approximate surface area is 259 Å². The topological polar surface area (TPSA) is 3.24 Å². The van der Waals surface area contributed by atoms with Crippen LogP contribution in [0.5, 0.6) is 0 Å². The quantitative estimate of drug-likeness (QED) is 0.201. The molecule has 0 aliphatic heterocycles. The highest BCUT2D eigenvalue weighted by molar-refractivity contribution is 6.04. The largest absolute Gasteiger partial charge is 0.310 e. The third-order valence-electron chi connectivity index (χ3n) is 9.27. The Morgan fingerprint density at radius 1 is 0.432 bits per heavy atom. The number of para-hydroxylation sites is 2. The fourth-order valence-corrected chi connectivity index (χ4v) is 7.22. The van der Waals surface area contributed by atoms with E-state index < -0.39 is 5.41 Å². The van der Waals surface area contributed by atoms with Crippen molar-refractivity contribution >= 4 is 27.8 Å². The molecule has 0 unspecified atom stereocenters. The molecular weight excluding hydrogens is 530 g/mol. The molecule has 1 aliphatic carbocycles. The lowest BCUT2D eigenvalue weighted by molar-refractivity contribution is 0.768. The van der Waals surface area contributed by atoms with Crippen LogP contribution < -0.4 is 4.90 Å². The second-order valence-corrected chi connectivity index (χ2v) is 11.9. The Morgan fingerprint density at radius 2 is 0.977 bits per heavy atom. The van der Waals surface area contributed by atoms with Gasteiger partial charge in [0, 0.05) is 17.1 Å². The minimum atomic E-state index is -0.481. The van der Waals surface area contributed by atoms with E-state index in [0.717, 1.165) is 17.1 Å². The Morgan fingerprint density at radius 3 is 1.57 bits per heavy atom. The summed E-state index contributed by atoms with van der Waals surface area (Å²) in [5, 5.41) is 2.56. The lowest BCUT2D eigenvalue weighted by atomic mass is 9.67. The van der Waals surface area contributed by atoms with Crippen LogP contribution in [0.4, 0.5) is 17.1 Å². The van der Waals surface area contributed by atoms with Gasteiger partial charge in [-0.1, -0.05) is 139 Å². The number of anilines is 3. The lowest BCUT2D eigenvalue weighted by Gasteiger charge is -2.35. The summed E-state index contributed by atoms with van der Waals surface area (Å²) in [5.41, 5.74) is 13.3. The van der Waals surface area contributed by atoms with Gasteiger partial charge in [0.05, 0.1) is 5.41 Å². The maximum atomic E-state index is 2.45. The zero-order chi connectivity index (χ0) is 29.7. The van der Waals surface area contributed by atoms with E-state index in [-0.39, 0.29) is 0 Å². The van der Waals surface area contributed by atoms with Crippen molar-refractivity contribution in [1.82, 2.24) is 0 Å². The van der Waals surface area contributed by atoms with Gasteiger partial charge in [0.15, 0.2) is 0 Å². The average Bonchev–Trinajstić information content (AvgIpc) is 3.37. The van der Waals surface area contributed by atoms with Crippen molar-refractivity contribution in [2.45, 2.75) is 19.3 Å². The maximum absolute atomic E-state index is 2.45. The second kappa shape index (κ2) is 10.4. The standard InChI is InChI=1S/C43H33N/c1-30-17-22-33(23-18-30)43(34-24-19-31(2)20-25-34)40-28-21-32-11-9-10-16-38(32)42(40)39-27-26-37(29-41(39)43)44(35-12-5-3-6-13-35)36-14-7-4-8-15-36/h3-29H,1-2H3. The fraction of sp³-hybridized carbons (Fsp3) is 0.0698. The molecule has 1 aliphatic rings. The molecule has 0 saturated carbocycles. The highest BCUT2D eigenvalue weighted by Crippen LogP contribution is 2.58. The molecule has 0 N–H and O–H groups in total. The van der Waals surface area contributed by atoms with Crippen molar-refractivity contribution in [3.63, 3.8) is 0 Å². The van der Waals surface area contributed by atoms with E-state index in [1.54, 1.807) is 0 Å². The van der Waals surface area contributed by atoms with E-state index in [1.807, 2.05) is 0 Å². The number of benzene rings is 7. The molecule has 0 bridgehead atoms. The number of rotatable bonds is 5. The number of nitrogens with zero attached hydrogens (tertiary/aromatic N) is 1. The molecular formula is C43H33N. The first kappa shape index (κ1) is 26.2. The van der Waals surface area contributed by atoms with Crippen LogP contribution >= 0.6 is 0 Å². The van der Waals surface area contributed by atoms with Crippen molar-refractivity contribution in [2.24, 2.45) is 0 Å². The van der Waals surface area contributed by atoms with Crippen LogP contribution in [0.1, 0.15) is 33.4 Å². The SMILES string of the molecule is Cc1ccc(C2(c3ccc(C)cc3)c3cc(N(c4ccccc4)c4ccccc4)ccc3-c3c2ccc2ccccc32)cc1. The molecule has 0 amide bonds. The summed E-state index contributed by atoms with van der Waals surface area (Å²) >= 11 is 0. The normalized spacial score (nSPS) is 13.0. The van der Waals surface area contributed by atoms with Gasteiger partial charge >= 0.3 is 0 Å². The second-order valence-electron chi connectivity index (χ2n) is 11.9. The van der Waals surface area contributed by atoms with Gasteiger partial charge in [0.2, 0.25) is 0 Å². The lowest BCUT2D eigenvalue weighted by Crippen LogP contribution is -2.29. The Bertz CT molecular complexity index is 2020. The van der Waals surface area contributed by atoms with Gasteiger partial charge in [-0.3, -0.25) is 0 Å². The van der Waals surface area contributed by atoms with E-state index in [1.165, 1.54) is 55.3 Å². The van der Waals surface area contributed by atoms with E-state index in [4.69, 9.17) is 0 Å². The van der Waals surface area contributed by atoms with Crippen LogP contribution in [-0.2, 0) is 5.41 Å². The van der Waals surface area contributed by atoms with Gasteiger partial charge in [0.1, 0.15) is 0 Å². The molecule has 0 aromatic heterocycles. The first-order valence-corrected chi connectivity index (χ1v) is 15.4. The van der Waals surface area contributed by atoms with Gasteiger partial charge in [-0.2, -0.15) is 0 Å². The van der Waals surface area contributed by atoms with Gasteiger partial charge in [-0.25, -0.2) is 0 Å². The first-order chi connectivity index (χ1) is 21.6. The zero-order valence-electron chi connectivity index (χ0n) is 25.0. The molecule has 0 fully saturated rings. The van der Waals surface area contributed by atoms with Gasteiger partial charge < -0.3 is 4.90 Å². The summed E-state index contributed by atoms with van der Waals surface area (Å²) in [5.74, 6) is 0. The smallest absolute Gasteiger partial charge is 0.0714 e. The van der Waals surface area contributed by atoms with Crippen LogP contribution in [0, 0.1) is 13.8 Å². The average molecular weight is 564 g/mol. The molecule has 1 heteroatoms. The molecule has 0 heterocycles. The van der Waals surface area contributed by atoms with Gasteiger partial charge in [-0.15, -0.1) is 0 Å². The molecule has 0 radical (unpaired) electrons. The van der Waals surface area contributed by atoms with Gasteiger partial charge in [-0.05, 0) is 94.4 Å². The van der Waals surface area contributed by atoms with Crippen LogP contribution in [0.15, 0.2) is 164 Å². The Kier molecular flexibility index (Phi) is 6.20. The van der Waals surface area contributed by atoms with E-state index >= 15 is 0 Å². The van der Waals surface area contributed by atoms with Crippen molar-refractivity contribution in [3.8, 4) is 11.1 Å². The molecule has 0 atom stereocenters. The molecule has 7 aromatic rings. The molecule has 1 nitrogen and oxygen atoms in total. The van der Waals surface area contributed by atoms with Crippen molar-refractivity contribution in [1.29, 1.82) is 0 Å². The molecule has 0 spiro atoms. The van der Waals surface area contributed by atoms with Crippen LogP contribution in [0.3, 0.4) is 0 Å². The summed E-state index contributed by atoms with van der Waals surface area (Å²) in [6.07, 6.45) is 0. The van der Waals surface area contributed by atoms with Gasteiger partial charge in [0.25, 0.3) is 0 Å². The number of hydrogen-bond donors (Lipinski definition) is 0. The summed E-state index contributed by atoms with van der Waals surface area (Å²) in [7, 11) is 0. The summed E-state index contributed by atoms with van der Waals surface area (Å²) in [4.78, 5) is 2.37. The summed E-state index contributed by atoms with van der Waals surface area (Å²) in [6, 6.07) is 60.4. The maximum Gasteiger partial charge on any atom is 0.0714 e. The van der Waals surface area contributed by atoms with E-state index in [9.17, 15) is 0 Å². The Balaban J connectivity index is 1.50. The van der Waals surface area contributed by atoms with Crippen LogP contribution in [-0.4, -0.2) is 0 Å². The van der Waals surface area contributed by atoms with E-state index in [0.29, 0.717) is 0 Å². The molecule has 0 saturated heterocycles. The first-order valence-electron chi connectivity index (χ1n) is 15.4. The fourth-order valence-electron chi connectivity index (χ4n) is 7.22. The Hall–Kier alpha value is -5.40. The minimum absolute atomic E-state index is 0.481. The predicted octanol–water partition coefficient (Wildman–Crippen LogP) is 11.3. The molecule has 44 heavy (non-hydrogen) atoms. The monoisotopic (exact) mass is 563 g/mol. The summed E-state index contributed by atoms with van der Waals surface area (Å²) < 4.78 is 0. The zero-order valence-corrected chi connectivity index (χ0v) is 25.0. The van der Waals surface area contributed by atoms with Crippen molar-refractivity contribution in [3.05, 3.63) is 197 Å². The van der Waals surface area contributed by atoms with Crippen molar-refractivity contribution in [2.75, 3.05) is 4.90 Å².